The van der Waals surface area contributed by atoms with Crippen LogP contribution in [0.1, 0.15) is 57.2 Å². The Kier molecular flexibility index (Phi) is 7.48. The van der Waals surface area contributed by atoms with Gasteiger partial charge in [0.1, 0.15) is 11.4 Å². The topological polar surface area (TPSA) is 104 Å². The summed E-state index contributed by atoms with van der Waals surface area (Å²) in [5.74, 6) is 1.47. The SMILES string of the molecule is C=N/C(=C\C=C(/C)c1ccc(C2(C(=O)OC)CC2)cc1)c1cnn(C)c1Nc1cncc(OC(C)(C)C)n1. The molecule has 1 aromatic carbocycles. The second kappa shape index (κ2) is 10.6. The monoisotopic (exact) mass is 514 g/mol. The Morgan fingerprint density at radius 1 is 1.16 bits per heavy atom. The number of hydrogen-bond donors (Lipinski definition) is 1. The normalized spacial score (nSPS) is 15.1. The quantitative estimate of drug-likeness (QED) is 0.229. The summed E-state index contributed by atoms with van der Waals surface area (Å²) < 4.78 is 12.5. The minimum atomic E-state index is -0.475. The molecule has 9 heteroatoms. The van der Waals surface area contributed by atoms with Crippen LogP contribution in [0.3, 0.4) is 0 Å². The average molecular weight is 515 g/mol. The Bertz CT molecular complexity index is 1390. The van der Waals surface area contributed by atoms with Crippen molar-refractivity contribution in [3.8, 4) is 5.88 Å². The van der Waals surface area contributed by atoms with Gasteiger partial charge in [0.2, 0.25) is 5.88 Å². The zero-order valence-corrected chi connectivity index (χ0v) is 22.8. The van der Waals surface area contributed by atoms with Gasteiger partial charge in [-0.2, -0.15) is 10.1 Å². The van der Waals surface area contributed by atoms with E-state index in [1.807, 2.05) is 71.2 Å². The van der Waals surface area contributed by atoms with Crippen molar-refractivity contribution >= 4 is 35.6 Å². The fourth-order valence-electron chi connectivity index (χ4n) is 4.18. The fraction of sp³-hybridized carbons (Fsp3) is 0.345. The van der Waals surface area contributed by atoms with Crippen molar-refractivity contribution < 1.29 is 14.3 Å². The summed E-state index contributed by atoms with van der Waals surface area (Å²) in [6.45, 7) is 11.7. The van der Waals surface area contributed by atoms with Crippen LogP contribution in [0.25, 0.3) is 11.3 Å². The molecule has 2 aromatic heterocycles. The van der Waals surface area contributed by atoms with E-state index in [1.54, 1.807) is 23.3 Å². The van der Waals surface area contributed by atoms with Gasteiger partial charge in [-0.25, -0.2) is 0 Å². The molecule has 1 saturated carbocycles. The highest BCUT2D eigenvalue weighted by Crippen LogP contribution is 2.49. The predicted octanol–water partition coefficient (Wildman–Crippen LogP) is 5.48. The van der Waals surface area contributed by atoms with Crippen molar-refractivity contribution in [2.24, 2.45) is 12.0 Å². The van der Waals surface area contributed by atoms with Crippen LogP contribution in [-0.2, 0) is 22.0 Å². The van der Waals surface area contributed by atoms with E-state index >= 15 is 0 Å². The van der Waals surface area contributed by atoms with Gasteiger partial charge in [0.25, 0.3) is 0 Å². The molecule has 1 aliphatic rings. The lowest BCUT2D eigenvalue weighted by molar-refractivity contribution is -0.143. The molecule has 2 heterocycles. The number of carbonyl (C=O) groups excluding carboxylic acids is 1. The minimum absolute atomic E-state index is 0.164. The summed E-state index contributed by atoms with van der Waals surface area (Å²) in [4.78, 5) is 25.2. The first kappa shape index (κ1) is 26.8. The van der Waals surface area contributed by atoms with Gasteiger partial charge < -0.3 is 14.8 Å². The van der Waals surface area contributed by atoms with Crippen LogP contribution in [0.15, 0.2) is 60.0 Å². The first-order valence-corrected chi connectivity index (χ1v) is 12.4. The van der Waals surface area contributed by atoms with Crippen molar-refractivity contribution in [1.29, 1.82) is 0 Å². The van der Waals surface area contributed by atoms with E-state index in [1.165, 1.54) is 7.11 Å². The van der Waals surface area contributed by atoms with Crippen LogP contribution in [0.2, 0.25) is 0 Å². The molecule has 9 nitrogen and oxygen atoms in total. The lowest BCUT2D eigenvalue weighted by Crippen LogP contribution is -2.23. The third-order valence-electron chi connectivity index (χ3n) is 6.36. The van der Waals surface area contributed by atoms with Crippen LogP contribution >= 0.6 is 0 Å². The van der Waals surface area contributed by atoms with Gasteiger partial charge in [-0.3, -0.25) is 19.5 Å². The van der Waals surface area contributed by atoms with Crippen molar-refractivity contribution in [3.63, 3.8) is 0 Å². The molecule has 0 saturated heterocycles. The average Bonchev–Trinajstić information content (AvgIpc) is 3.63. The van der Waals surface area contributed by atoms with E-state index < -0.39 is 11.0 Å². The Balaban J connectivity index is 1.55. The third-order valence-corrected chi connectivity index (χ3v) is 6.36. The van der Waals surface area contributed by atoms with Crippen LogP contribution in [0, 0.1) is 0 Å². The number of nitrogens with one attached hydrogen (secondary N) is 1. The number of ether oxygens (including phenoxy) is 2. The number of hydrogen-bond acceptors (Lipinski definition) is 8. The zero-order chi connectivity index (χ0) is 27.5. The first-order valence-electron chi connectivity index (χ1n) is 12.4. The number of carbonyl (C=O) groups is 1. The second-order valence-corrected chi connectivity index (χ2v) is 10.3. The van der Waals surface area contributed by atoms with Gasteiger partial charge in [0.15, 0.2) is 5.82 Å². The summed E-state index contributed by atoms with van der Waals surface area (Å²) in [6, 6.07) is 8.08. The molecule has 1 N–H and O–H groups in total. The van der Waals surface area contributed by atoms with Crippen molar-refractivity contribution in [2.75, 3.05) is 12.4 Å². The van der Waals surface area contributed by atoms with Gasteiger partial charge in [-0.1, -0.05) is 30.3 Å². The predicted molar refractivity (Wildman–Crippen MR) is 149 cm³/mol. The highest BCUT2D eigenvalue weighted by Gasteiger charge is 2.52. The summed E-state index contributed by atoms with van der Waals surface area (Å²) in [5, 5.41) is 7.68. The number of methoxy groups -OCH3 is 1. The summed E-state index contributed by atoms with van der Waals surface area (Å²) in [5.41, 5.74) is 3.63. The third kappa shape index (κ3) is 5.82. The van der Waals surface area contributed by atoms with Crippen LogP contribution in [-0.4, -0.2) is 45.1 Å². The smallest absolute Gasteiger partial charge is 0.316 e. The number of allylic oxidation sites excluding steroid dienone is 3. The molecule has 0 atom stereocenters. The molecule has 0 spiro atoms. The van der Waals surface area contributed by atoms with Crippen LogP contribution in [0.4, 0.5) is 11.6 Å². The van der Waals surface area contributed by atoms with Gasteiger partial charge in [-0.05, 0) is 70.0 Å². The van der Waals surface area contributed by atoms with Gasteiger partial charge in [0, 0.05) is 7.05 Å². The number of esters is 1. The van der Waals surface area contributed by atoms with E-state index in [0.29, 0.717) is 23.2 Å². The maximum atomic E-state index is 12.2. The number of aliphatic imine (C=N–C) groups is 1. The summed E-state index contributed by atoms with van der Waals surface area (Å²) >= 11 is 0. The van der Waals surface area contributed by atoms with Crippen molar-refractivity contribution in [1.82, 2.24) is 19.7 Å². The standard InChI is InChI=1S/C29H34N6O3/c1-19(20-9-11-21(12-10-20)29(14-15-29)27(36)37-7)8-13-23(30-5)22-16-32-35(6)26(22)34-24-17-31-18-25(33-24)38-28(2,3)4/h8-13,16-18H,5,14-15H2,1-4,6-7H3,(H,33,34)/b19-8+,23-13-. The molecular weight excluding hydrogens is 480 g/mol. The zero-order valence-electron chi connectivity index (χ0n) is 22.8. The van der Waals surface area contributed by atoms with Crippen LogP contribution in [0.5, 0.6) is 5.88 Å². The molecule has 0 radical (unpaired) electrons. The van der Waals surface area contributed by atoms with E-state index in [-0.39, 0.29) is 5.97 Å². The number of rotatable bonds is 9. The molecule has 0 unspecified atom stereocenters. The number of aryl methyl sites for hydroxylation is 1. The van der Waals surface area contributed by atoms with Crippen LogP contribution < -0.4 is 10.1 Å². The Labute approximate surface area is 223 Å². The summed E-state index contributed by atoms with van der Waals surface area (Å²) in [6.07, 6.45) is 10.5. The van der Waals surface area contributed by atoms with Crippen molar-refractivity contribution in [2.45, 2.75) is 51.6 Å². The fourth-order valence-corrected chi connectivity index (χ4v) is 4.18. The molecular formula is C29H34N6O3. The molecule has 1 aliphatic carbocycles. The molecule has 3 aromatic rings. The molecule has 0 bridgehead atoms. The number of anilines is 2. The Hall–Kier alpha value is -4.27. The molecule has 38 heavy (non-hydrogen) atoms. The molecule has 198 valence electrons. The van der Waals surface area contributed by atoms with E-state index in [0.717, 1.165) is 35.1 Å². The lowest BCUT2D eigenvalue weighted by atomic mass is 9.94. The largest absolute Gasteiger partial charge is 0.471 e. The van der Waals surface area contributed by atoms with E-state index in [9.17, 15) is 4.79 Å². The number of benzene rings is 1. The molecule has 0 amide bonds. The Morgan fingerprint density at radius 3 is 2.47 bits per heavy atom. The van der Waals surface area contributed by atoms with Gasteiger partial charge in [0.05, 0.1) is 42.4 Å². The van der Waals surface area contributed by atoms with Gasteiger partial charge >= 0.3 is 5.97 Å². The highest BCUT2D eigenvalue weighted by atomic mass is 16.5. The minimum Gasteiger partial charge on any atom is -0.471 e. The molecule has 4 rings (SSSR count). The van der Waals surface area contributed by atoms with E-state index in [2.05, 4.69) is 32.1 Å². The van der Waals surface area contributed by atoms with Crippen molar-refractivity contribution in [3.05, 3.63) is 71.7 Å². The maximum absolute atomic E-state index is 12.2. The maximum Gasteiger partial charge on any atom is 0.316 e. The first-order chi connectivity index (χ1) is 18.1. The highest BCUT2D eigenvalue weighted by molar-refractivity contribution is 5.87. The Morgan fingerprint density at radius 2 is 1.87 bits per heavy atom. The number of aromatic nitrogens is 4. The molecule has 1 fully saturated rings. The van der Waals surface area contributed by atoms with Gasteiger partial charge in [-0.15, -0.1) is 0 Å². The van der Waals surface area contributed by atoms with E-state index in [4.69, 9.17) is 9.47 Å². The lowest BCUT2D eigenvalue weighted by Gasteiger charge is -2.20. The summed E-state index contributed by atoms with van der Waals surface area (Å²) in [7, 11) is 3.27. The number of nitrogens with zero attached hydrogens (tertiary/aromatic N) is 5. The second-order valence-electron chi connectivity index (χ2n) is 10.3. The molecule has 0 aliphatic heterocycles.